The molecular formula is C92H71BN4. The Balaban J connectivity index is 1.09. The van der Waals surface area contributed by atoms with Crippen LogP contribution in [-0.2, 0) is 10.8 Å². The molecule has 462 valence electrons. The molecule has 0 atom stereocenters. The summed E-state index contributed by atoms with van der Waals surface area (Å²) in [5.41, 5.74) is 9.32. The van der Waals surface area contributed by atoms with E-state index in [9.17, 15) is 21.9 Å². The average molecular weight is 1260 g/mol. The lowest BCUT2D eigenvalue weighted by Crippen LogP contribution is -2.61. The van der Waals surface area contributed by atoms with E-state index in [4.69, 9.17) is 5.48 Å². The lowest BCUT2D eigenvalue weighted by molar-refractivity contribution is 0.569. The van der Waals surface area contributed by atoms with Crippen molar-refractivity contribution in [2.45, 2.75) is 52.4 Å². The van der Waals surface area contributed by atoms with Crippen molar-refractivity contribution in [2.24, 2.45) is 0 Å². The molecule has 97 heavy (non-hydrogen) atoms. The summed E-state index contributed by atoms with van der Waals surface area (Å²) in [7, 11) is 0. The molecule has 2 aromatic heterocycles. The topological polar surface area (TPSA) is 16.3 Å². The highest BCUT2D eigenvalue weighted by Crippen LogP contribution is 2.52. The zero-order chi connectivity index (χ0) is 82.7. The van der Waals surface area contributed by atoms with Gasteiger partial charge in [-0.05, 0) is 168 Å². The molecular weight excluding hydrogens is 1170 g/mol. The monoisotopic (exact) mass is 1260 g/mol. The first-order valence-corrected chi connectivity index (χ1v) is 32.5. The molecule has 4 heterocycles. The lowest BCUT2D eigenvalue weighted by Gasteiger charge is -2.45. The fraction of sp³-hybridized carbons (Fsp3) is 0.0870. The van der Waals surface area contributed by atoms with Gasteiger partial charge in [0.1, 0.15) is 0 Å². The van der Waals surface area contributed by atoms with Gasteiger partial charge in [-0.1, -0.05) is 278 Å². The molecule has 0 unspecified atom stereocenters. The van der Waals surface area contributed by atoms with Crippen LogP contribution in [0.15, 0.2) is 321 Å². The number of anilines is 6. The number of rotatable bonds is 9. The van der Waals surface area contributed by atoms with Crippen LogP contribution in [0.1, 0.15) is 80.1 Å². The Hall–Kier alpha value is -11.7. The molecule has 0 saturated carbocycles. The number of hydrogen-bond acceptors (Lipinski definition) is 2. The van der Waals surface area contributed by atoms with Crippen LogP contribution in [0, 0.1) is 0 Å². The molecule has 5 heteroatoms. The zero-order valence-corrected chi connectivity index (χ0v) is 53.9. The summed E-state index contributed by atoms with van der Waals surface area (Å²) in [5, 5.41) is -1.01. The zero-order valence-electron chi connectivity index (χ0n) is 73.9. The third-order valence-corrected chi connectivity index (χ3v) is 19.1. The SMILES string of the molecule is [2H]c1cc(-n2c3c([2H])c([2H])c([2H])c([2H])c3c3c([2H])c([2H])c([2H])c([2H])c32)c([2H])c2c1B1c3c(cc(-c4cc(C(C)(C)C)cc(C(C)(C)C)c4)cc3N(c3ccc(-c4ccccc4)cc3-c3ccccc3)c3c([2H])c(-n4c5c([2H])c([2H])c([2H])c([2H])c5c5c([2H])c([2H])c([2H])c([2H])c54)cc([2H])c31)N2c1ccc(-c2ccccc2)cc1-c1ccccc1. The molecule has 4 nitrogen and oxygen atoms in total. The maximum absolute atomic E-state index is 11.5. The van der Waals surface area contributed by atoms with Crippen LogP contribution in [0.2, 0.25) is 0 Å². The molecule has 0 saturated heterocycles. The summed E-state index contributed by atoms with van der Waals surface area (Å²) in [5.74, 6) is 0. The van der Waals surface area contributed by atoms with Crippen molar-refractivity contribution < 1.29 is 27.4 Å². The Labute approximate surface area is 596 Å². The second kappa shape index (κ2) is 22.5. The largest absolute Gasteiger partial charge is 0.311 e. The van der Waals surface area contributed by atoms with E-state index in [1.54, 1.807) is 0 Å². The summed E-state index contributed by atoms with van der Waals surface area (Å²) in [4.78, 5) is 3.87. The Morgan fingerprint density at radius 1 is 0.289 bits per heavy atom. The van der Waals surface area contributed by atoms with Gasteiger partial charge >= 0.3 is 0 Å². The number of nitrogens with zero attached hydrogens (tertiary/aromatic N) is 4. The van der Waals surface area contributed by atoms with Crippen molar-refractivity contribution in [1.82, 2.24) is 9.13 Å². The average Bonchev–Trinajstić information content (AvgIpc) is 1.58. The van der Waals surface area contributed by atoms with Crippen molar-refractivity contribution in [3.8, 4) is 67.0 Å². The predicted molar refractivity (Wildman–Crippen MR) is 414 cm³/mol. The molecule has 2 aliphatic heterocycles. The Morgan fingerprint density at radius 3 is 0.990 bits per heavy atom. The fourth-order valence-corrected chi connectivity index (χ4v) is 14.3. The Bertz CT molecular complexity index is 6470. The minimum atomic E-state index is -1.38. The summed E-state index contributed by atoms with van der Waals surface area (Å²) in [6, 6.07) is 52.5. The first kappa shape index (κ1) is 40.6. The second-order valence-corrected chi connectivity index (χ2v) is 26.9. The molecule has 0 aliphatic carbocycles. The quantitative estimate of drug-likeness (QED) is 0.134. The molecule has 18 rings (SSSR count). The van der Waals surface area contributed by atoms with Crippen LogP contribution in [-0.4, -0.2) is 15.8 Å². The van der Waals surface area contributed by atoms with Crippen LogP contribution in [0.5, 0.6) is 0 Å². The standard InChI is InChI=1S/C92H71BN4/c1-91(2,3)68-51-66(52-69(57-68)92(4,5)6)67-55-88-90-89(56-67)97(85-50-44-65(61-29-13-8-14-30-61)54-77(85)63-33-17-10-18-34-63)87-59-71(95-82-41-25-21-37-74(82)75-38-22-26-42-83(75)95)46-48-79(87)93(90)78-47-45-70(94-80-39-23-19-35-72(80)73-36-20-24-40-81(73)94)58-86(78)96(88)84-49-43-64(60-27-11-7-12-28-60)53-76(84)62-31-15-9-16-32-62/h7-59H,1-6H3/i19D,20D,21D,22D,23D,24D,25D,26D,35D,36D,37D,38D,39D,40D,41D,42D,47D,48D,58D,59D. The van der Waals surface area contributed by atoms with Gasteiger partial charge < -0.3 is 18.9 Å². The molecule has 14 aromatic carbocycles. The molecule has 0 bridgehead atoms. The number of fused-ring (bicyclic) bond motifs is 10. The lowest BCUT2D eigenvalue weighted by atomic mass is 9.33. The van der Waals surface area contributed by atoms with Gasteiger partial charge in [-0.2, -0.15) is 0 Å². The van der Waals surface area contributed by atoms with E-state index >= 15 is 0 Å². The van der Waals surface area contributed by atoms with Crippen molar-refractivity contribution in [2.75, 3.05) is 9.80 Å². The van der Waals surface area contributed by atoms with Crippen molar-refractivity contribution >= 4 is 101 Å². The van der Waals surface area contributed by atoms with E-state index < -0.39 is 126 Å². The molecule has 0 fully saturated rings. The minimum absolute atomic E-state index is 0.000719. The summed E-state index contributed by atoms with van der Waals surface area (Å²) >= 11 is 0. The number of benzene rings is 14. The van der Waals surface area contributed by atoms with Crippen molar-refractivity contribution in [1.29, 1.82) is 0 Å². The number of hydrogen-bond donors (Lipinski definition) is 0. The summed E-state index contributed by atoms with van der Waals surface area (Å²) in [6.07, 6.45) is 0. The van der Waals surface area contributed by atoms with E-state index in [0.29, 0.717) is 44.9 Å². The van der Waals surface area contributed by atoms with Gasteiger partial charge in [0.15, 0.2) is 0 Å². The van der Waals surface area contributed by atoms with E-state index in [1.807, 2.05) is 168 Å². The van der Waals surface area contributed by atoms with Crippen molar-refractivity contribution in [3.05, 3.63) is 332 Å². The van der Waals surface area contributed by atoms with Gasteiger partial charge in [0.25, 0.3) is 6.71 Å². The molecule has 0 radical (unpaired) electrons. The maximum Gasteiger partial charge on any atom is 0.252 e. The highest BCUT2D eigenvalue weighted by molar-refractivity contribution is 7.00. The molecule has 0 amide bonds. The minimum Gasteiger partial charge on any atom is -0.311 e. The smallest absolute Gasteiger partial charge is 0.252 e. The van der Waals surface area contributed by atoms with Gasteiger partial charge in [-0.3, -0.25) is 0 Å². The van der Waals surface area contributed by atoms with Crippen LogP contribution in [0.4, 0.5) is 34.1 Å². The van der Waals surface area contributed by atoms with Crippen LogP contribution < -0.4 is 26.2 Å². The highest BCUT2D eigenvalue weighted by Gasteiger charge is 2.45. The summed E-state index contributed by atoms with van der Waals surface area (Å²) in [6.45, 7) is 11.5. The van der Waals surface area contributed by atoms with Gasteiger partial charge in [-0.25, -0.2) is 0 Å². The molecule has 0 spiro atoms. The van der Waals surface area contributed by atoms with Gasteiger partial charge in [-0.15, -0.1) is 0 Å². The van der Waals surface area contributed by atoms with Crippen LogP contribution in [0.25, 0.3) is 111 Å². The van der Waals surface area contributed by atoms with Gasteiger partial charge in [0.2, 0.25) is 0 Å². The van der Waals surface area contributed by atoms with Gasteiger partial charge in [0, 0.05) is 66.8 Å². The number of para-hydroxylation sites is 4. The predicted octanol–water partition coefficient (Wildman–Crippen LogP) is 22.9. The van der Waals surface area contributed by atoms with E-state index in [1.165, 1.54) is 21.3 Å². The third kappa shape index (κ3) is 9.58. The van der Waals surface area contributed by atoms with E-state index in [2.05, 4.69) is 71.9 Å². The molecule has 2 aliphatic rings. The molecule has 16 aromatic rings. The van der Waals surface area contributed by atoms with Gasteiger partial charge in [0.05, 0.1) is 60.9 Å². The van der Waals surface area contributed by atoms with Crippen LogP contribution in [0.3, 0.4) is 0 Å². The fourth-order valence-electron chi connectivity index (χ4n) is 14.3. The normalized spacial score (nSPS) is 15.7. The first-order valence-electron chi connectivity index (χ1n) is 42.5. The molecule has 0 N–H and O–H groups in total. The van der Waals surface area contributed by atoms with Crippen LogP contribution >= 0.6 is 0 Å². The second-order valence-electron chi connectivity index (χ2n) is 26.9. The Morgan fingerprint density at radius 2 is 0.629 bits per heavy atom. The summed E-state index contributed by atoms with van der Waals surface area (Å²) < 4.78 is 199. The Kier molecular flexibility index (Phi) is 9.41. The van der Waals surface area contributed by atoms with E-state index in [-0.39, 0.29) is 89.4 Å². The van der Waals surface area contributed by atoms with Crippen molar-refractivity contribution in [3.63, 3.8) is 0 Å². The maximum atomic E-state index is 11.5. The highest BCUT2D eigenvalue weighted by atomic mass is 15.2. The number of aromatic nitrogens is 2. The third-order valence-electron chi connectivity index (χ3n) is 19.1. The first-order chi connectivity index (χ1) is 55.7. The van der Waals surface area contributed by atoms with E-state index in [0.717, 1.165) is 50.1 Å².